The molecule has 128 valence electrons. The molecular formula is C18H23N3O3. The molecule has 0 radical (unpaired) electrons. The van der Waals surface area contributed by atoms with Crippen LogP contribution in [0.25, 0.3) is 10.9 Å². The zero-order valence-electron chi connectivity index (χ0n) is 14.1. The molecule has 1 N–H and O–H groups in total. The van der Waals surface area contributed by atoms with Gasteiger partial charge in [-0.1, -0.05) is 12.1 Å². The van der Waals surface area contributed by atoms with Gasteiger partial charge in [0.05, 0.1) is 13.2 Å². The van der Waals surface area contributed by atoms with E-state index in [1.165, 1.54) is 0 Å². The Balaban J connectivity index is 1.68. The van der Waals surface area contributed by atoms with Crippen molar-refractivity contribution in [2.24, 2.45) is 0 Å². The van der Waals surface area contributed by atoms with Crippen LogP contribution in [0.2, 0.25) is 0 Å². The monoisotopic (exact) mass is 329 g/mol. The van der Waals surface area contributed by atoms with E-state index in [9.17, 15) is 4.79 Å². The predicted molar refractivity (Wildman–Crippen MR) is 92.1 cm³/mol. The lowest BCUT2D eigenvalue weighted by Crippen LogP contribution is -2.40. The Morgan fingerprint density at radius 3 is 3.08 bits per heavy atom. The first-order chi connectivity index (χ1) is 11.7. The molecule has 1 aliphatic heterocycles. The fourth-order valence-corrected chi connectivity index (χ4v) is 2.98. The molecule has 0 unspecified atom stereocenters. The highest BCUT2D eigenvalue weighted by molar-refractivity contribution is 5.87. The van der Waals surface area contributed by atoms with E-state index < -0.39 is 0 Å². The summed E-state index contributed by atoms with van der Waals surface area (Å²) in [6, 6.07) is 7.66. The van der Waals surface area contributed by atoms with Gasteiger partial charge < -0.3 is 19.7 Å². The molecule has 3 rings (SSSR count). The van der Waals surface area contributed by atoms with E-state index in [0.717, 1.165) is 41.7 Å². The molecule has 6 nitrogen and oxygen atoms in total. The summed E-state index contributed by atoms with van der Waals surface area (Å²) in [6.45, 7) is 1.86. The second-order valence-corrected chi connectivity index (χ2v) is 6.00. The maximum Gasteiger partial charge on any atom is 0.317 e. The maximum absolute atomic E-state index is 12.3. The number of benzene rings is 1. The van der Waals surface area contributed by atoms with E-state index in [1.807, 2.05) is 24.3 Å². The van der Waals surface area contributed by atoms with E-state index in [-0.39, 0.29) is 12.1 Å². The van der Waals surface area contributed by atoms with E-state index >= 15 is 0 Å². The molecule has 2 heterocycles. The minimum atomic E-state index is -0.0987. The molecule has 1 aromatic carbocycles. The van der Waals surface area contributed by atoms with Crippen LogP contribution in [-0.2, 0) is 11.3 Å². The molecule has 0 saturated carbocycles. The number of hydrogen-bond donors (Lipinski definition) is 1. The van der Waals surface area contributed by atoms with Crippen molar-refractivity contribution in [1.29, 1.82) is 0 Å². The van der Waals surface area contributed by atoms with E-state index in [4.69, 9.17) is 9.47 Å². The summed E-state index contributed by atoms with van der Waals surface area (Å²) in [5, 5.41) is 3.93. The standard InChI is InChI=1S/C18H23N3O3/c1-21(18(22)20-11-14-5-4-10-24-14)12-13-7-8-16(23-2)17-15(13)6-3-9-19-17/h3,6-9,14H,4-5,10-12H2,1-2H3,(H,20,22)/t14-/m0/s1. The number of amides is 2. The van der Waals surface area contributed by atoms with Gasteiger partial charge in [-0.2, -0.15) is 0 Å². The zero-order valence-corrected chi connectivity index (χ0v) is 14.1. The van der Waals surface area contributed by atoms with Crippen LogP contribution in [0.1, 0.15) is 18.4 Å². The number of fused-ring (bicyclic) bond motifs is 1. The van der Waals surface area contributed by atoms with E-state index in [0.29, 0.717) is 13.1 Å². The highest BCUT2D eigenvalue weighted by Crippen LogP contribution is 2.27. The quantitative estimate of drug-likeness (QED) is 0.916. The van der Waals surface area contributed by atoms with Crippen LogP contribution >= 0.6 is 0 Å². The molecule has 1 fully saturated rings. The number of aromatic nitrogens is 1. The lowest BCUT2D eigenvalue weighted by Gasteiger charge is -2.20. The van der Waals surface area contributed by atoms with Crippen LogP contribution in [-0.4, -0.2) is 49.3 Å². The number of nitrogens with one attached hydrogen (secondary N) is 1. The largest absolute Gasteiger partial charge is 0.494 e. The molecular weight excluding hydrogens is 306 g/mol. The topological polar surface area (TPSA) is 63.7 Å². The van der Waals surface area contributed by atoms with Gasteiger partial charge in [-0.15, -0.1) is 0 Å². The van der Waals surface area contributed by atoms with Crippen molar-refractivity contribution >= 4 is 16.9 Å². The van der Waals surface area contributed by atoms with Gasteiger partial charge in [0.1, 0.15) is 11.3 Å². The summed E-state index contributed by atoms with van der Waals surface area (Å²) in [4.78, 5) is 18.3. The molecule has 1 atom stereocenters. The third-order valence-electron chi connectivity index (χ3n) is 4.30. The third kappa shape index (κ3) is 3.59. The van der Waals surface area contributed by atoms with Crippen LogP contribution < -0.4 is 10.1 Å². The molecule has 1 aliphatic rings. The Morgan fingerprint density at radius 1 is 1.46 bits per heavy atom. The molecule has 0 bridgehead atoms. The second-order valence-electron chi connectivity index (χ2n) is 6.00. The second kappa shape index (κ2) is 7.49. The van der Waals surface area contributed by atoms with Gasteiger partial charge in [-0.3, -0.25) is 4.98 Å². The Hall–Kier alpha value is -2.34. The Kier molecular flexibility index (Phi) is 5.15. The molecule has 24 heavy (non-hydrogen) atoms. The summed E-state index contributed by atoms with van der Waals surface area (Å²) in [5.74, 6) is 0.736. The van der Waals surface area contributed by atoms with Crippen LogP contribution in [0.4, 0.5) is 4.79 Å². The number of rotatable bonds is 5. The van der Waals surface area contributed by atoms with Gasteiger partial charge in [0.15, 0.2) is 0 Å². The average Bonchev–Trinajstić information content (AvgIpc) is 3.13. The van der Waals surface area contributed by atoms with Crippen molar-refractivity contribution < 1.29 is 14.3 Å². The third-order valence-corrected chi connectivity index (χ3v) is 4.30. The lowest BCUT2D eigenvalue weighted by atomic mass is 10.1. The minimum absolute atomic E-state index is 0.0987. The highest BCUT2D eigenvalue weighted by atomic mass is 16.5. The van der Waals surface area contributed by atoms with Crippen LogP contribution in [0, 0.1) is 0 Å². The predicted octanol–water partition coefficient (Wildman–Crippen LogP) is 2.56. The van der Waals surface area contributed by atoms with Crippen LogP contribution in [0.3, 0.4) is 0 Å². The summed E-state index contributed by atoms with van der Waals surface area (Å²) in [5.41, 5.74) is 1.85. The smallest absolute Gasteiger partial charge is 0.317 e. The first-order valence-corrected chi connectivity index (χ1v) is 8.20. The van der Waals surface area contributed by atoms with E-state index in [2.05, 4.69) is 10.3 Å². The number of carbonyl (C=O) groups is 1. The molecule has 1 saturated heterocycles. The van der Waals surface area contributed by atoms with Gasteiger partial charge in [0, 0.05) is 38.3 Å². The van der Waals surface area contributed by atoms with Gasteiger partial charge in [0.25, 0.3) is 0 Å². The van der Waals surface area contributed by atoms with Crippen LogP contribution in [0.15, 0.2) is 30.5 Å². The normalized spacial score (nSPS) is 17.0. The average molecular weight is 329 g/mol. The summed E-state index contributed by atoms with van der Waals surface area (Å²) >= 11 is 0. The first kappa shape index (κ1) is 16.5. The number of hydrogen-bond acceptors (Lipinski definition) is 4. The summed E-state index contributed by atoms with van der Waals surface area (Å²) in [6.07, 6.45) is 3.97. The molecule has 2 aromatic rings. The SMILES string of the molecule is COc1ccc(CN(C)C(=O)NC[C@@H]2CCCO2)c2cccnc12. The highest BCUT2D eigenvalue weighted by Gasteiger charge is 2.18. The number of ether oxygens (including phenoxy) is 2. The lowest BCUT2D eigenvalue weighted by molar-refractivity contribution is 0.109. The van der Waals surface area contributed by atoms with Crippen LogP contribution in [0.5, 0.6) is 5.75 Å². The molecule has 1 aromatic heterocycles. The van der Waals surface area contributed by atoms with Crippen molar-refractivity contribution in [2.45, 2.75) is 25.5 Å². The van der Waals surface area contributed by atoms with Crippen molar-refractivity contribution in [3.05, 3.63) is 36.0 Å². The maximum atomic E-state index is 12.3. The summed E-state index contributed by atoms with van der Waals surface area (Å²) < 4.78 is 10.9. The number of nitrogens with zero attached hydrogens (tertiary/aromatic N) is 2. The van der Waals surface area contributed by atoms with Gasteiger partial charge >= 0.3 is 6.03 Å². The van der Waals surface area contributed by atoms with Crippen molar-refractivity contribution in [1.82, 2.24) is 15.2 Å². The molecule has 0 aliphatic carbocycles. The minimum Gasteiger partial charge on any atom is -0.494 e. The Bertz CT molecular complexity index is 714. The van der Waals surface area contributed by atoms with Gasteiger partial charge in [0.2, 0.25) is 0 Å². The Morgan fingerprint density at radius 2 is 2.33 bits per heavy atom. The number of methoxy groups -OCH3 is 1. The summed E-state index contributed by atoms with van der Waals surface area (Å²) in [7, 11) is 3.42. The molecule has 6 heteroatoms. The molecule has 2 amide bonds. The number of urea groups is 1. The fourth-order valence-electron chi connectivity index (χ4n) is 2.98. The fraction of sp³-hybridized carbons (Fsp3) is 0.444. The first-order valence-electron chi connectivity index (χ1n) is 8.20. The van der Waals surface area contributed by atoms with Gasteiger partial charge in [-0.05, 0) is 30.5 Å². The Labute approximate surface area is 141 Å². The molecule has 0 spiro atoms. The van der Waals surface area contributed by atoms with Crippen molar-refractivity contribution in [3.63, 3.8) is 0 Å². The zero-order chi connectivity index (χ0) is 16.9. The van der Waals surface area contributed by atoms with Gasteiger partial charge in [-0.25, -0.2) is 4.79 Å². The number of pyridine rings is 1. The van der Waals surface area contributed by atoms with Crippen molar-refractivity contribution in [2.75, 3.05) is 27.3 Å². The van der Waals surface area contributed by atoms with Crippen molar-refractivity contribution in [3.8, 4) is 5.75 Å². The number of carbonyl (C=O) groups excluding carboxylic acids is 1. The van der Waals surface area contributed by atoms with E-state index in [1.54, 1.807) is 25.3 Å².